The van der Waals surface area contributed by atoms with Crippen LogP contribution in [-0.4, -0.2) is 20.0 Å². The number of sulfone groups is 1. The summed E-state index contributed by atoms with van der Waals surface area (Å²) in [6.45, 7) is 0. The Labute approximate surface area is 156 Å². The zero-order valence-corrected chi connectivity index (χ0v) is 15.0. The summed E-state index contributed by atoms with van der Waals surface area (Å²) in [7, 11) is -3.76. The SMILES string of the molecule is O=S(=O)(CC(=Nc1ccccc1F)Nc1ccccc1F)c1ccccc1. The van der Waals surface area contributed by atoms with E-state index in [9.17, 15) is 17.2 Å². The third-order valence-corrected chi connectivity index (χ3v) is 5.33. The molecule has 138 valence electrons. The molecule has 0 unspecified atom stereocenters. The summed E-state index contributed by atoms with van der Waals surface area (Å²) in [6.07, 6.45) is 0. The van der Waals surface area contributed by atoms with E-state index in [2.05, 4.69) is 10.3 Å². The zero-order chi connectivity index (χ0) is 19.3. The molecule has 3 aromatic carbocycles. The van der Waals surface area contributed by atoms with Crippen molar-refractivity contribution in [3.63, 3.8) is 0 Å². The normalized spacial score (nSPS) is 12.0. The smallest absolute Gasteiger partial charge is 0.185 e. The molecule has 0 atom stereocenters. The van der Waals surface area contributed by atoms with E-state index in [-0.39, 0.29) is 22.1 Å². The average Bonchev–Trinajstić information content (AvgIpc) is 2.66. The lowest BCUT2D eigenvalue weighted by Gasteiger charge is -2.12. The van der Waals surface area contributed by atoms with E-state index in [0.717, 1.165) is 0 Å². The second kappa shape index (κ2) is 8.09. The molecule has 27 heavy (non-hydrogen) atoms. The maximum atomic E-state index is 14.0. The van der Waals surface area contributed by atoms with Crippen molar-refractivity contribution in [2.24, 2.45) is 4.99 Å². The van der Waals surface area contributed by atoms with Crippen molar-refractivity contribution in [3.8, 4) is 0 Å². The molecule has 0 aliphatic rings. The van der Waals surface area contributed by atoms with Gasteiger partial charge in [-0.1, -0.05) is 42.5 Å². The standard InChI is InChI=1S/C20H16F2N2O2S/c21-16-10-4-6-12-18(16)23-20(24-19-13-7-5-11-17(19)22)14-27(25,26)15-8-2-1-3-9-15/h1-13H,14H2,(H,23,24). The fourth-order valence-corrected chi connectivity index (χ4v) is 3.63. The highest BCUT2D eigenvalue weighted by Crippen LogP contribution is 2.20. The molecule has 0 fully saturated rings. The van der Waals surface area contributed by atoms with Gasteiger partial charge in [-0.3, -0.25) is 0 Å². The van der Waals surface area contributed by atoms with Crippen LogP contribution in [-0.2, 0) is 9.84 Å². The molecule has 7 heteroatoms. The molecule has 0 saturated carbocycles. The minimum atomic E-state index is -3.76. The Morgan fingerprint density at radius 2 is 1.41 bits per heavy atom. The molecule has 1 N–H and O–H groups in total. The van der Waals surface area contributed by atoms with Crippen molar-refractivity contribution in [3.05, 3.63) is 90.5 Å². The molecule has 0 amide bonds. The molecule has 0 aliphatic heterocycles. The Morgan fingerprint density at radius 3 is 2.07 bits per heavy atom. The quantitative estimate of drug-likeness (QED) is 0.516. The Kier molecular flexibility index (Phi) is 5.61. The zero-order valence-electron chi connectivity index (χ0n) is 14.1. The minimum Gasteiger partial charge on any atom is -0.340 e. The summed E-state index contributed by atoms with van der Waals surface area (Å²) in [5.41, 5.74) is 0.00968. The molecule has 3 aromatic rings. The summed E-state index contributed by atoms with van der Waals surface area (Å²) < 4.78 is 53.3. The van der Waals surface area contributed by atoms with Gasteiger partial charge in [-0.05, 0) is 36.4 Å². The predicted octanol–water partition coefficient (Wildman–Crippen LogP) is 4.58. The van der Waals surface area contributed by atoms with Crippen LogP contribution in [0, 0.1) is 11.6 Å². The van der Waals surface area contributed by atoms with Gasteiger partial charge in [0.25, 0.3) is 0 Å². The van der Waals surface area contributed by atoms with Gasteiger partial charge >= 0.3 is 0 Å². The largest absolute Gasteiger partial charge is 0.340 e. The second-order valence-electron chi connectivity index (χ2n) is 5.69. The van der Waals surface area contributed by atoms with Crippen LogP contribution in [0.4, 0.5) is 20.2 Å². The lowest BCUT2D eigenvalue weighted by molar-refractivity contribution is 0.599. The van der Waals surface area contributed by atoms with Crippen LogP contribution in [0.3, 0.4) is 0 Å². The highest BCUT2D eigenvalue weighted by atomic mass is 32.2. The molecule has 0 radical (unpaired) electrons. The van der Waals surface area contributed by atoms with Crippen LogP contribution in [0.15, 0.2) is 88.8 Å². The molecule has 0 bridgehead atoms. The van der Waals surface area contributed by atoms with Gasteiger partial charge in [0.05, 0.1) is 10.6 Å². The fraction of sp³-hybridized carbons (Fsp3) is 0.0500. The first-order valence-electron chi connectivity index (χ1n) is 8.07. The van der Waals surface area contributed by atoms with Crippen LogP contribution in [0.25, 0.3) is 0 Å². The van der Waals surface area contributed by atoms with E-state index in [1.165, 1.54) is 48.5 Å². The maximum absolute atomic E-state index is 14.0. The van der Waals surface area contributed by atoms with E-state index in [4.69, 9.17) is 0 Å². The number of benzene rings is 3. The first-order valence-corrected chi connectivity index (χ1v) is 9.72. The highest BCUT2D eigenvalue weighted by Gasteiger charge is 2.19. The van der Waals surface area contributed by atoms with Crippen molar-refractivity contribution in [1.29, 1.82) is 0 Å². The molecular formula is C20H16F2N2O2S. The number of para-hydroxylation sites is 2. The first kappa shape index (κ1) is 18.7. The van der Waals surface area contributed by atoms with E-state index in [1.807, 2.05) is 0 Å². The van der Waals surface area contributed by atoms with Gasteiger partial charge in [0.2, 0.25) is 0 Å². The number of halogens is 2. The number of nitrogens with zero attached hydrogens (tertiary/aromatic N) is 1. The molecule has 0 aromatic heterocycles. The van der Waals surface area contributed by atoms with Gasteiger partial charge in [-0.15, -0.1) is 0 Å². The summed E-state index contributed by atoms with van der Waals surface area (Å²) in [5, 5.41) is 2.68. The number of hydrogen-bond acceptors (Lipinski definition) is 3. The van der Waals surface area contributed by atoms with Crippen LogP contribution in [0.1, 0.15) is 0 Å². The molecule has 4 nitrogen and oxygen atoms in total. The van der Waals surface area contributed by atoms with Crippen LogP contribution < -0.4 is 5.32 Å². The van der Waals surface area contributed by atoms with Crippen molar-refractivity contribution < 1.29 is 17.2 Å². The van der Waals surface area contributed by atoms with E-state index in [1.54, 1.807) is 30.3 Å². The summed E-state index contributed by atoms with van der Waals surface area (Å²) in [4.78, 5) is 4.19. The number of amidine groups is 1. The lowest BCUT2D eigenvalue weighted by atomic mass is 10.3. The van der Waals surface area contributed by atoms with Crippen molar-refractivity contribution >= 4 is 27.0 Å². The van der Waals surface area contributed by atoms with Gasteiger partial charge in [-0.25, -0.2) is 22.2 Å². The molecule has 3 rings (SSSR count). The highest BCUT2D eigenvalue weighted by molar-refractivity contribution is 7.92. The van der Waals surface area contributed by atoms with Crippen molar-refractivity contribution in [2.45, 2.75) is 4.90 Å². The Balaban J connectivity index is 2.00. The summed E-state index contributed by atoms with van der Waals surface area (Å²) in [6, 6.07) is 19.3. The first-order chi connectivity index (χ1) is 13.0. The monoisotopic (exact) mass is 386 g/mol. The Hall–Kier alpha value is -3.06. The van der Waals surface area contributed by atoms with Crippen molar-refractivity contribution in [2.75, 3.05) is 11.1 Å². The van der Waals surface area contributed by atoms with Crippen LogP contribution in [0.5, 0.6) is 0 Å². The molecular weight excluding hydrogens is 370 g/mol. The number of hydrogen-bond donors (Lipinski definition) is 1. The lowest BCUT2D eigenvalue weighted by Crippen LogP contribution is -2.24. The van der Waals surface area contributed by atoms with Crippen molar-refractivity contribution in [1.82, 2.24) is 0 Å². The summed E-state index contributed by atoms with van der Waals surface area (Å²) >= 11 is 0. The van der Waals surface area contributed by atoms with Gasteiger partial charge in [0.15, 0.2) is 9.84 Å². The predicted molar refractivity (Wildman–Crippen MR) is 102 cm³/mol. The number of nitrogens with one attached hydrogen (secondary N) is 1. The van der Waals surface area contributed by atoms with Gasteiger partial charge in [-0.2, -0.15) is 0 Å². The van der Waals surface area contributed by atoms with Gasteiger partial charge in [0.1, 0.15) is 28.9 Å². The minimum absolute atomic E-state index is 0.0420. The molecule has 0 saturated heterocycles. The van der Waals surface area contributed by atoms with Gasteiger partial charge in [0, 0.05) is 0 Å². The van der Waals surface area contributed by atoms with Crippen LogP contribution in [0.2, 0.25) is 0 Å². The van der Waals surface area contributed by atoms with Crippen LogP contribution >= 0.6 is 0 Å². The van der Waals surface area contributed by atoms with E-state index in [0.29, 0.717) is 0 Å². The molecule has 0 heterocycles. The number of aliphatic imine (C=N–C) groups is 1. The number of rotatable bonds is 5. The maximum Gasteiger partial charge on any atom is 0.185 e. The van der Waals surface area contributed by atoms with E-state index < -0.39 is 27.2 Å². The third-order valence-electron chi connectivity index (χ3n) is 3.69. The third kappa shape index (κ3) is 4.77. The topological polar surface area (TPSA) is 58.5 Å². The Bertz CT molecular complexity index is 1070. The fourth-order valence-electron chi connectivity index (χ4n) is 2.39. The average molecular weight is 386 g/mol. The van der Waals surface area contributed by atoms with E-state index >= 15 is 0 Å². The molecule has 0 spiro atoms. The second-order valence-corrected chi connectivity index (χ2v) is 7.68. The Morgan fingerprint density at radius 1 is 0.815 bits per heavy atom. The number of anilines is 1. The van der Waals surface area contributed by atoms with Gasteiger partial charge < -0.3 is 5.32 Å². The summed E-state index contributed by atoms with van der Waals surface area (Å²) in [5.74, 6) is -1.81. The molecule has 0 aliphatic carbocycles.